The first kappa shape index (κ1) is 13.9. The number of aromatic hydroxyl groups is 1. The van der Waals surface area contributed by atoms with Crippen LogP contribution >= 0.6 is 0 Å². The molecule has 0 aromatic heterocycles. The molecule has 0 aliphatic rings. The standard InChI is InChI=1S/C16H18N2O2/c1-2-11-7-8-13(10-14(11)17)18-16(20)9-12-5-3-4-6-15(12)19/h3-8,10,19H,2,9,17H2,1H3,(H,18,20). The third-order valence-corrected chi connectivity index (χ3v) is 3.15. The van der Waals surface area contributed by atoms with E-state index in [0.717, 1.165) is 12.0 Å². The lowest BCUT2D eigenvalue weighted by atomic mass is 10.1. The summed E-state index contributed by atoms with van der Waals surface area (Å²) in [4.78, 5) is 11.9. The highest BCUT2D eigenvalue weighted by Gasteiger charge is 2.08. The summed E-state index contributed by atoms with van der Waals surface area (Å²) in [5, 5.41) is 12.4. The molecular formula is C16H18N2O2. The summed E-state index contributed by atoms with van der Waals surface area (Å²) >= 11 is 0. The van der Waals surface area contributed by atoms with Crippen LogP contribution in [0.4, 0.5) is 11.4 Å². The predicted molar refractivity (Wildman–Crippen MR) is 80.7 cm³/mol. The average molecular weight is 270 g/mol. The third-order valence-electron chi connectivity index (χ3n) is 3.15. The number of phenolic OH excluding ortho intramolecular Hbond substituents is 1. The number of aryl methyl sites for hydroxylation is 1. The van der Waals surface area contributed by atoms with E-state index in [0.29, 0.717) is 16.9 Å². The number of hydrogen-bond acceptors (Lipinski definition) is 3. The number of para-hydroxylation sites is 1. The van der Waals surface area contributed by atoms with Crippen LogP contribution in [0.25, 0.3) is 0 Å². The second kappa shape index (κ2) is 6.10. The molecule has 20 heavy (non-hydrogen) atoms. The molecule has 0 aliphatic carbocycles. The van der Waals surface area contributed by atoms with Crippen molar-refractivity contribution in [1.82, 2.24) is 0 Å². The van der Waals surface area contributed by atoms with Crippen LogP contribution < -0.4 is 11.1 Å². The summed E-state index contributed by atoms with van der Waals surface area (Å²) in [5.74, 6) is -0.0568. The number of hydrogen-bond donors (Lipinski definition) is 3. The van der Waals surface area contributed by atoms with Crippen LogP contribution in [0.1, 0.15) is 18.1 Å². The SMILES string of the molecule is CCc1ccc(NC(=O)Cc2ccccc2O)cc1N. The van der Waals surface area contributed by atoms with Crippen LogP contribution in [-0.2, 0) is 17.6 Å². The average Bonchev–Trinajstić information content (AvgIpc) is 2.41. The summed E-state index contributed by atoms with van der Waals surface area (Å²) in [7, 11) is 0. The van der Waals surface area contributed by atoms with Crippen LogP contribution in [-0.4, -0.2) is 11.0 Å². The first-order valence-corrected chi connectivity index (χ1v) is 6.55. The van der Waals surface area contributed by atoms with Gasteiger partial charge in [-0.3, -0.25) is 4.79 Å². The van der Waals surface area contributed by atoms with Crippen molar-refractivity contribution < 1.29 is 9.90 Å². The highest BCUT2D eigenvalue weighted by molar-refractivity contribution is 5.93. The summed E-state index contributed by atoms with van der Waals surface area (Å²) in [6.45, 7) is 2.03. The minimum atomic E-state index is -0.185. The van der Waals surface area contributed by atoms with E-state index in [9.17, 15) is 9.90 Å². The molecule has 0 atom stereocenters. The van der Waals surface area contributed by atoms with E-state index in [-0.39, 0.29) is 18.1 Å². The number of nitrogens with two attached hydrogens (primary N) is 1. The fraction of sp³-hybridized carbons (Fsp3) is 0.188. The minimum Gasteiger partial charge on any atom is -0.508 e. The van der Waals surface area contributed by atoms with Crippen LogP contribution in [0.3, 0.4) is 0 Å². The maximum atomic E-state index is 11.9. The zero-order valence-electron chi connectivity index (χ0n) is 11.4. The largest absolute Gasteiger partial charge is 0.508 e. The number of phenols is 1. The molecule has 2 aromatic rings. The third kappa shape index (κ3) is 3.29. The van der Waals surface area contributed by atoms with Gasteiger partial charge in [-0.05, 0) is 30.2 Å². The number of amides is 1. The lowest BCUT2D eigenvalue weighted by molar-refractivity contribution is -0.115. The van der Waals surface area contributed by atoms with Crippen molar-refractivity contribution in [3.63, 3.8) is 0 Å². The Morgan fingerprint density at radius 2 is 1.95 bits per heavy atom. The summed E-state index contributed by atoms with van der Waals surface area (Å²) in [6, 6.07) is 12.3. The Morgan fingerprint density at radius 1 is 1.20 bits per heavy atom. The first-order chi connectivity index (χ1) is 9.60. The fourth-order valence-corrected chi connectivity index (χ4v) is 2.03. The summed E-state index contributed by atoms with van der Waals surface area (Å²) < 4.78 is 0. The predicted octanol–water partition coefficient (Wildman–Crippen LogP) is 2.72. The van der Waals surface area contributed by atoms with Crippen molar-refractivity contribution in [3.05, 3.63) is 53.6 Å². The summed E-state index contributed by atoms with van der Waals surface area (Å²) in [5.41, 5.74) is 8.89. The number of nitrogens with one attached hydrogen (secondary N) is 1. The molecule has 2 rings (SSSR count). The fourth-order valence-electron chi connectivity index (χ4n) is 2.03. The normalized spacial score (nSPS) is 10.2. The molecule has 4 heteroatoms. The van der Waals surface area contributed by atoms with Crippen LogP contribution in [0.15, 0.2) is 42.5 Å². The minimum absolute atomic E-state index is 0.127. The number of anilines is 2. The van der Waals surface area contributed by atoms with Crippen LogP contribution in [0, 0.1) is 0 Å². The zero-order chi connectivity index (χ0) is 14.5. The first-order valence-electron chi connectivity index (χ1n) is 6.55. The van der Waals surface area contributed by atoms with Gasteiger partial charge in [-0.1, -0.05) is 31.2 Å². The Labute approximate surface area is 118 Å². The maximum Gasteiger partial charge on any atom is 0.228 e. The molecule has 0 aliphatic heterocycles. The van der Waals surface area contributed by atoms with Gasteiger partial charge in [0.2, 0.25) is 5.91 Å². The van der Waals surface area contributed by atoms with E-state index in [2.05, 4.69) is 5.32 Å². The Kier molecular flexibility index (Phi) is 4.25. The van der Waals surface area contributed by atoms with Gasteiger partial charge in [-0.15, -0.1) is 0 Å². The van der Waals surface area contributed by atoms with Crippen molar-refractivity contribution in [2.24, 2.45) is 0 Å². The molecule has 0 saturated carbocycles. The number of carbonyl (C=O) groups excluding carboxylic acids is 1. The van der Waals surface area contributed by atoms with Gasteiger partial charge >= 0.3 is 0 Å². The van der Waals surface area contributed by atoms with E-state index < -0.39 is 0 Å². The second-order valence-corrected chi connectivity index (χ2v) is 4.62. The van der Waals surface area contributed by atoms with Gasteiger partial charge in [-0.2, -0.15) is 0 Å². The Balaban J connectivity index is 2.05. The highest BCUT2D eigenvalue weighted by Crippen LogP contribution is 2.20. The quantitative estimate of drug-likeness (QED) is 0.748. The topological polar surface area (TPSA) is 75.3 Å². The smallest absolute Gasteiger partial charge is 0.228 e. The van der Waals surface area contributed by atoms with E-state index in [1.807, 2.05) is 19.1 Å². The molecule has 0 radical (unpaired) electrons. The van der Waals surface area contributed by atoms with E-state index in [1.165, 1.54) is 0 Å². The van der Waals surface area contributed by atoms with Crippen molar-refractivity contribution in [2.45, 2.75) is 19.8 Å². The van der Waals surface area contributed by atoms with Crippen LogP contribution in [0.2, 0.25) is 0 Å². The van der Waals surface area contributed by atoms with Crippen molar-refractivity contribution in [3.8, 4) is 5.75 Å². The Hall–Kier alpha value is -2.49. The molecular weight excluding hydrogens is 252 g/mol. The molecule has 2 aromatic carbocycles. The number of benzene rings is 2. The molecule has 1 amide bonds. The van der Waals surface area contributed by atoms with Gasteiger partial charge < -0.3 is 16.2 Å². The van der Waals surface area contributed by atoms with Crippen molar-refractivity contribution >= 4 is 17.3 Å². The zero-order valence-corrected chi connectivity index (χ0v) is 11.4. The Morgan fingerprint density at radius 3 is 2.60 bits per heavy atom. The van der Waals surface area contributed by atoms with Gasteiger partial charge in [0.25, 0.3) is 0 Å². The summed E-state index contributed by atoms with van der Waals surface area (Å²) in [6.07, 6.45) is 0.986. The van der Waals surface area contributed by atoms with Gasteiger partial charge in [-0.25, -0.2) is 0 Å². The number of rotatable bonds is 4. The molecule has 0 spiro atoms. The lowest BCUT2D eigenvalue weighted by Crippen LogP contribution is -2.14. The van der Waals surface area contributed by atoms with Gasteiger partial charge in [0.1, 0.15) is 5.75 Å². The van der Waals surface area contributed by atoms with E-state index in [1.54, 1.807) is 30.3 Å². The van der Waals surface area contributed by atoms with E-state index >= 15 is 0 Å². The van der Waals surface area contributed by atoms with Crippen molar-refractivity contribution in [1.29, 1.82) is 0 Å². The molecule has 0 saturated heterocycles. The number of nitrogen functional groups attached to an aromatic ring is 1. The van der Waals surface area contributed by atoms with Gasteiger partial charge in [0.05, 0.1) is 6.42 Å². The molecule has 4 nitrogen and oxygen atoms in total. The molecule has 0 fully saturated rings. The maximum absolute atomic E-state index is 11.9. The van der Waals surface area contributed by atoms with Crippen molar-refractivity contribution in [2.75, 3.05) is 11.1 Å². The van der Waals surface area contributed by atoms with E-state index in [4.69, 9.17) is 5.73 Å². The molecule has 0 unspecified atom stereocenters. The van der Waals surface area contributed by atoms with Gasteiger partial charge in [0.15, 0.2) is 0 Å². The van der Waals surface area contributed by atoms with Crippen LogP contribution in [0.5, 0.6) is 5.75 Å². The highest BCUT2D eigenvalue weighted by atomic mass is 16.3. The molecule has 0 bridgehead atoms. The molecule has 0 heterocycles. The molecule has 104 valence electrons. The molecule has 4 N–H and O–H groups in total. The monoisotopic (exact) mass is 270 g/mol. The number of carbonyl (C=O) groups is 1. The van der Waals surface area contributed by atoms with Gasteiger partial charge in [0, 0.05) is 16.9 Å². The lowest BCUT2D eigenvalue weighted by Gasteiger charge is -2.09. The Bertz CT molecular complexity index is 624. The second-order valence-electron chi connectivity index (χ2n) is 4.62.